The Kier molecular flexibility index (Phi) is 2.00. The van der Waals surface area contributed by atoms with Crippen LogP contribution >= 0.6 is 11.3 Å². The Morgan fingerprint density at radius 2 is 2.14 bits per heavy atom. The molecule has 2 aromatic heterocycles. The molecule has 0 aromatic carbocycles. The van der Waals surface area contributed by atoms with Gasteiger partial charge in [-0.05, 0) is 31.5 Å². The van der Waals surface area contributed by atoms with Crippen molar-refractivity contribution in [2.24, 2.45) is 0 Å². The quantitative estimate of drug-likeness (QED) is 0.782. The molecule has 0 aliphatic heterocycles. The van der Waals surface area contributed by atoms with Crippen LogP contribution in [0.25, 0.3) is 10.2 Å². The first-order valence-corrected chi connectivity index (χ1v) is 5.00. The molecule has 2 rings (SSSR count). The summed E-state index contributed by atoms with van der Waals surface area (Å²) in [4.78, 5) is 16.2. The smallest absolute Gasteiger partial charge is 0.345 e. The highest BCUT2D eigenvalue weighted by Crippen LogP contribution is 2.26. The Morgan fingerprint density at radius 3 is 2.79 bits per heavy atom. The van der Waals surface area contributed by atoms with Gasteiger partial charge in [-0.15, -0.1) is 11.3 Å². The van der Waals surface area contributed by atoms with Gasteiger partial charge < -0.3 is 5.11 Å². The lowest BCUT2D eigenvalue weighted by molar-refractivity contribution is 0.0702. The van der Waals surface area contributed by atoms with Crippen molar-refractivity contribution in [1.82, 2.24) is 4.98 Å². The maximum Gasteiger partial charge on any atom is 0.345 e. The van der Waals surface area contributed by atoms with Crippen LogP contribution in [0.3, 0.4) is 0 Å². The first kappa shape index (κ1) is 9.15. The average Bonchev–Trinajstić information content (AvgIpc) is 2.47. The van der Waals surface area contributed by atoms with Gasteiger partial charge in [-0.1, -0.05) is 0 Å². The van der Waals surface area contributed by atoms with E-state index < -0.39 is 5.97 Å². The van der Waals surface area contributed by atoms with Crippen LogP contribution in [0, 0.1) is 13.8 Å². The molecule has 14 heavy (non-hydrogen) atoms. The van der Waals surface area contributed by atoms with E-state index in [-0.39, 0.29) is 0 Å². The van der Waals surface area contributed by atoms with E-state index in [2.05, 4.69) is 4.98 Å². The van der Waals surface area contributed by atoms with Crippen molar-refractivity contribution in [2.45, 2.75) is 13.8 Å². The van der Waals surface area contributed by atoms with Crippen molar-refractivity contribution < 1.29 is 9.90 Å². The van der Waals surface area contributed by atoms with E-state index in [1.165, 1.54) is 11.3 Å². The third-order valence-corrected chi connectivity index (χ3v) is 3.07. The topological polar surface area (TPSA) is 50.2 Å². The second kappa shape index (κ2) is 3.06. The van der Waals surface area contributed by atoms with Gasteiger partial charge in [0.1, 0.15) is 9.71 Å². The highest BCUT2D eigenvalue weighted by atomic mass is 32.1. The van der Waals surface area contributed by atoms with Crippen LogP contribution in [0.2, 0.25) is 0 Å². The van der Waals surface area contributed by atoms with Gasteiger partial charge in [0.15, 0.2) is 0 Å². The molecular formula is C10H9NO2S. The molecule has 2 heterocycles. The summed E-state index contributed by atoms with van der Waals surface area (Å²) in [5.41, 5.74) is 2.00. The molecule has 0 fully saturated rings. The number of thiophene rings is 1. The monoisotopic (exact) mass is 207 g/mol. The Bertz CT molecular complexity index is 516. The molecule has 4 heteroatoms. The minimum atomic E-state index is -0.884. The maximum absolute atomic E-state index is 10.7. The second-order valence-corrected chi connectivity index (χ2v) is 4.25. The minimum absolute atomic E-state index is 0.348. The summed E-state index contributed by atoms with van der Waals surface area (Å²) < 4.78 is 0. The predicted molar refractivity (Wildman–Crippen MR) is 56.1 cm³/mol. The Hall–Kier alpha value is -1.42. The van der Waals surface area contributed by atoms with Gasteiger partial charge in [0.25, 0.3) is 0 Å². The third kappa shape index (κ3) is 1.37. The van der Waals surface area contributed by atoms with Gasteiger partial charge in [0, 0.05) is 11.1 Å². The number of carboxylic acid groups (broad SMARTS) is 1. The fourth-order valence-corrected chi connectivity index (χ4v) is 2.43. The van der Waals surface area contributed by atoms with Crippen molar-refractivity contribution in [3.05, 3.63) is 28.3 Å². The molecule has 0 unspecified atom stereocenters. The number of aryl methyl sites for hydroxylation is 2. The number of hydrogen-bond acceptors (Lipinski definition) is 3. The zero-order valence-corrected chi connectivity index (χ0v) is 8.68. The largest absolute Gasteiger partial charge is 0.477 e. The van der Waals surface area contributed by atoms with Gasteiger partial charge >= 0.3 is 5.97 Å². The summed E-state index contributed by atoms with van der Waals surface area (Å²) in [6.07, 6.45) is 0. The van der Waals surface area contributed by atoms with E-state index in [9.17, 15) is 4.79 Å². The van der Waals surface area contributed by atoms with Crippen LogP contribution in [-0.2, 0) is 0 Å². The molecule has 72 valence electrons. The van der Waals surface area contributed by atoms with E-state index in [1.807, 2.05) is 19.9 Å². The summed E-state index contributed by atoms with van der Waals surface area (Å²) in [5.74, 6) is -0.884. The van der Waals surface area contributed by atoms with E-state index in [0.717, 1.165) is 21.5 Å². The molecule has 0 spiro atoms. The van der Waals surface area contributed by atoms with E-state index in [4.69, 9.17) is 5.11 Å². The molecule has 2 aromatic rings. The van der Waals surface area contributed by atoms with Gasteiger partial charge in [-0.2, -0.15) is 0 Å². The van der Waals surface area contributed by atoms with Crippen LogP contribution in [-0.4, -0.2) is 16.1 Å². The lowest BCUT2D eigenvalue weighted by atomic mass is 10.2. The fraction of sp³-hybridized carbons (Fsp3) is 0.200. The number of aromatic carboxylic acids is 1. The van der Waals surface area contributed by atoms with E-state index >= 15 is 0 Å². The second-order valence-electron chi connectivity index (χ2n) is 3.22. The van der Waals surface area contributed by atoms with Gasteiger partial charge in [0.05, 0.1) is 0 Å². The van der Waals surface area contributed by atoms with Crippen LogP contribution in [0.1, 0.15) is 20.9 Å². The molecule has 3 nitrogen and oxygen atoms in total. The zero-order chi connectivity index (χ0) is 10.3. The maximum atomic E-state index is 10.7. The SMILES string of the molecule is Cc1cc(C)c2cc(C(=O)O)sc2n1. The molecule has 0 aliphatic rings. The number of carboxylic acids is 1. The number of hydrogen-bond donors (Lipinski definition) is 1. The number of carbonyl (C=O) groups is 1. The summed E-state index contributed by atoms with van der Waals surface area (Å²) in [5, 5.41) is 9.77. The van der Waals surface area contributed by atoms with Gasteiger partial charge in [0.2, 0.25) is 0 Å². The highest BCUT2D eigenvalue weighted by molar-refractivity contribution is 7.20. The number of pyridine rings is 1. The number of aromatic nitrogens is 1. The Balaban J connectivity index is 2.76. The van der Waals surface area contributed by atoms with Crippen molar-refractivity contribution >= 4 is 27.5 Å². The summed E-state index contributed by atoms with van der Waals surface area (Å²) >= 11 is 1.22. The van der Waals surface area contributed by atoms with Crippen LogP contribution in [0.15, 0.2) is 12.1 Å². The molecule has 0 amide bonds. The minimum Gasteiger partial charge on any atom is -0.477 e. The van der Waals surface area contributed by atoms with Crippen LogP contribution < -0.4 is 0 Å². The first-order valence-electron chi connectivity index (χ1n) is 4.19. The highest BCUT2D eigenvalue weighted by Gasteiger charge is 2.10. The average molecular weight is 207 g/mol. The van der Waals surface area contributed by atoms with Crippen molar-refractivity contribution in [3.63, 3.8) is 0 Å². The molecule has 1 N–H and O–H groups in total. The molecule has 0 atom stereocenters. The van der Waals surface area contributed by atoms with E-state index in [0.29, 0.717) is 4.88 Å². The van der Waals surface area contributed by atoms with Gasteiger partial charge in [-0.25, -0.2) is 9.78 Å². The molecule has 0 radical (unpaired) electrons. The number of nitrogens with zero attached hydrogens (tertiary/aromatic N) is 1. The molecule has 0 bridgehead atoms. The predicted octanol–water partition coefficient (Wildman–Crippen LogP) is 2.61. The number of fused-ring (bicyclic) bond motifs is 1. The molecule has 0 saturated heterocycles. The molecule has 0 saturated carbocycles. The van der Waals surface area contributed by atoms with E-state index in [1.54, 1.807) is 6.07 Å². The number of rotatable bonds is 1. The standard InChI is InChI=1S/C10H9NO2S/c1-5-3-6(2)11-9-7(5)4-8(14-9)10(12)13/h3-4H,1-2H3,(H,12,13). The Labute approximate surface area is 85.0 Å². The zero-order valence-electron chi connectivity index (χ0n) is 7.87. The summed E-state index contributed by atoms with van der Waals surface area (Å²) in [6.45, 7) is 3.88. The van der Waals surface area contributed by atoms with Crippen molar-refractivity contribution in [2.75, 3.05) is 0 Å². The third-order valence-electron chi connectivity index (χ3n) is 2.05. The van der Waals surface area contributed by atoms with Crippen LogP contribution in [0.4, 0.5) is 0 Å². The van der Waals surface area contributed by atoms with Crippen molar-refractivity contribution in [1.29, 1.82) is 0 Å². The Morgan fingerprint density at radius 1 is 1.43 bits per heavy atom. The first-order chi connectivity index (χ1) is 6.58. The van der Waals surface area contributed by atoms with Crippen molar-refractivity contribution in [3.8, 4) is 0 Å². The molecule has 0 aliphatic carbocycles. The van der Waals surface area contributed by atoms with Gasteiger partial charge in [-0.3, -0.25) is 0 Å². The lowest BCUT2D eigenvalue weighted by Crippen LogP contribution is -1.89. The molecular weight excluding hydrogens is 198 g/mol. The summed E-state index contributed by atoms with van der Waals surface area (Å²) in [6, 6.07) is 3.64. The normalized spacial score (nSPS) is 10.7. The summed E-state index contributed by atoms with van der Waals surface area (Å²) in [7, 11) is 0. The lowest BCUT2D eigenvalue weighted by Gasteiger charge is -1.96. The van der Waals surface area contributed by atoms with Crippen LogP contribution in [0.5, 0.6) is 0 Å². The fourth-order valence-electron chi connectivity index (χ4n) is 1.44.